The van der Waals surface area contributed by atoms with Crippen molar-refractivity contribution in [2.75, 3.05) is 20.7 Å². The lowest BCUT2D eigenvalue weighted by molar-refractivity contribution is -0.131. The number of carbonyl (C=O) groups excluding carboxylic acids is 1. The normalized spacial score (nSPS) is 12.1. The summed E-state index contributed by atoms with van der Waals surface area (Å²) in [6.07, 6.45) is 0.490. The Bertz CT molecular complexity index is 437. The molecule has 4 nitrogen and oxygen atoms in total. The average Bonchev–Trinajstić information content (AvgIpc) is 2.38. The smallest absolute Gasteiger partial charge is 0.222 e. The summed E-state index contributed by atoms with van der Waals surface area (Å²) >= 11 is 3.44. The number of halogens is 1. The van der Waals surface area contributed by atoms with Crippen LogP contribution < -0.4 is 10.5 Å². The van der Waals surface area contributed by atoms with Gasteiger partial charge in [-0.05, 0) is 46.1 Å². The molecule has 0 aromatic heterocycles. The largest absolute Gasteiger partial charge is 0.496 e. The fourth-order valence-corrected chi connectivity index (χ4v) is 2.30. The summed E-state index contributed by atoms with van der Waals surface area (Å²) in [6, 6.07) is 5.81. The fraction of sp³-hybridized carbons (Fsp3) is 0.500. The van der Waals surface area contributed by atoms with E-state index in [1.807, 2.05) is 32.2 Å². The second-order valence-electron chi connectivity index (χ2n) is 4.76. The first-order chi connectivity index (χ1) is 8.97. The Morgan fingerprint density at radius 1 is 1.53 bits per heavy atom. The van der Waals surface area contributed by atoms with E-state index in [0.717, 1.165) is 15.8 Å². The van der Waals surface area contributed by atoms with Crippen molar-refractivity contribution in [2.24, 2.45) is 11.7 Å². The number of ether oxygens (including phenoxy) is 1. The van der Waals surface area contributed by atoms with Crippen LogP contribution in [-0.2, 0) is 11.3 Å². The fourth-order valence-electron chi connectivity index (χ4n) is 1.71. The number of carbonyl (C=O) groups is 1. The molecule has 2 N–H and O–H groups in total. The van der Waals surface area contributed by atoms with Gasteiger partial charge in [-0.2, -0.15) is 0 Å². The van der Waals surface area contributed by atoms with Gasteiger partial charge in [0.15, 0.2) is 0 Å². The van der Waals surface area contributed by atoms with Gasteiger partial charge in [-0.3, -0.25) is 4.79 Å². The Hall–Kier alpha value is -1.07. The van der Waals surface area contributed by atoms with Crippen molar-refractivity contribution in [3.05, 3.63) is 28.2 Å². The molecule has 19 heavy (non-hydrogen) atoms. The van der Waals surface area contributed by atoms with Gasteiger partial charge >= 0.3 is 0 Å². The first-order valence-electron chi connectivity index (χ1n) is 6.24. The average molecular weight is 329 g/mol. The monoisotopic (exact) mass is 328 g/mol. The van der Waals surface area contributed by atoms with Crippen molar-refractivity contribution in [2.45, 2.75) is 19.9 Å². The molecule has 0 saturated heterocycles. The van der Waals surface area contributed by atoms with Crippen LogP contribution in [0, 0.1) is 5.92 Å². The summed E-state index contributed by atoms with van der Waals surface area (Å²) < 4.78 is 6.07. The minimum Gasteiger partial charge on any atom is -0.496 e. The third kappa shape index (κ3) is 4.84. The van der Waals surface area contributed by atoms with E-state index in [1.165, 1.54) is 0 Å². The van der Waals surface area contributed by atoms with Crippen molar-refractivity contribution in [1.29, 1.82) is 0 Å². The highest BCUT2D eigenvalue weighted by Gasteiger charge is 2.13. The molecule has 106 valence electrons. The zero-order valence-corrected chi connectivity index (χ0v) is 13.2. The Balaban J connectivity index is 2.63. The van der Waals surface area contributed by atoms with Crippen LogP contribution in [0.25, 0.3) is 0 Å². The molecule has 0 radical (unpaired) electrons. The quantitative estimate of drug-likeness (QED) is 0.872. The standard InChI is InChI=1S/C14H21BrN2O2/c1-10(8-16)6-14(18)17(2)9-11-4-5-13(19-3)12(15)7-11/h4-5,7,10H,6,8-9,16H2,1-3H3. The number of nitrogens with two attached hydrogens (primary N) is 1. The van der Waals surface area contributed by atoms with Crippen molar-refractivity contribution >= 4 is 21.8 Å². The molecule has 1 aromatic carbocycles. The summed E-state index contributed by atoms with van der Waals surface area (Å²) in [7, 11) is 3.44. The van der Waals surface area contributed by atoms with Crippen molar-refractivity contribution < 1.29 is 9.53 Å². The Kier molecular flexibility index (Phi) is 6.31. The minimum absolute atomic E-state index is 0.116. The van der Waals surface area contributed by atoms with Gasteiger partial charge in [-0.25, -0.2) is 0 Å². The molecule has 0 aliphatic carbocycles. The number of rotatable bonds is 6. The predicted octanol–water partition coefficient (Wildman–Crippen LogP) is 2.40. The van der Waals surface area contributed by atoms with E-state index in [2.05, 4.69) is 15.9 Å². The highest BCUT2D eigenvalue weighted by atomic mass is 79.9. The number of amides is 1. The minimum atomic E-state index is 0.116. The third-order valence-corrected chi connectivity index (χ3v) is 3.61. The predicted molar refractivity (Wildman–Crippen MR) is 80.0 cm³/mol. The van der Waals surface area contributed by atoms with Gasteiger partial charge in [0.1, 0.15) is 5.75 Å². The number of methoxy groups -OCH3 is 1. The molecule has 0 bridgehead atoms. The highest BCUT2D eigenvalue weighted by molar-refractivity contribution is 9.10. The van der Waals surface area contributed by atoms with Gasteiger partial charge in [-0.1, -0.05) is 13.0 Å². The van der Waals surface area contributed by atoms with E-state index < -0.39 is 0 Å². The summed E-state index contributed by atoms with van der Waals surface area (Å²) in [4.78, 5) is 13.7. The first kappa shape index (κ1) is 16.0. The maximum atomic E-state index is 12.0. The van der Waals surface area contributed by atoms with Crippen LogP contribution in [-0.4, -0.2) is 31.5 Å². The maximum absolute atomic E-state index is 12.0. The van der Waals surface area contributed by atoms with E-state index in [0.29, 0.717) is 19.5 Å². The van der Waals surface area contributed by atoms with Crippen molar-refractivity contribution in [1.82, 2.24) is 4.90 Å². The third-order valence-electron chi connectivity index (χ3n) is 2.99. The molecular formula is C14H21BrN2O2. The molecule has 1 unspecified atom stereocenters. The van der Waals surface area contributed by atoms with Gasteiger partial charge in [0.05, 0.1) is 11.6 Å². The lowest BCUT2D eigenvalue weighted by Crippen LogP contribution is -2.29. The maximum Gasteiger partial charge on any atom is 0.222 e. The Morgan fingerprint density at radius 2 is 2.21 bits per heavy atom. The molecule has 1 rings (SSSR count). The zero-order chi connectivity index (χ0) is 14.4. The molecule has 1 amide bonds. The molecule has 5 heteroatoms. The van der Waals surface area contributed by atoms with Crippen LogP contribution in [0.5, 0.6) is 5.75 Å². The van der Waals surface area contributed by atoms with Crippen molar-refractivity contribution in [3.63, 3.8) is 0 Å². The SMILES string of the molecule is COc1ccc(CN(C)C(=O)CC(C)CN)cc1Br. The van der Waals surface area contributed by atoms with Gasteiger partial charge in [0.25, 0.3) is 0 Å². The van der Waals surface area contributed by atoms with E-state index >= 15 is 0 Å². The molecule has 0 fully saturated rings. The summed E-state index contributed by atoms with van der Waals surface area (Å²) in [5, 5.41) is 0. The highest BCUT2D eigenvalue weighted by Crippen LogP contribution is 2.26. The van der Waals surface area contributed by atoms with Gasteiger partial charge in [0.2, 0.25) is 5.91 Å². The van der Waals surface area contributed by atoms with E-state index in [9.17, 15) is 4.79 Å². The molecule has 1 aromatic rings. The number of hydrogen-bond acceptors (Lipinski definition) is 3. The van der Waals surface area contributed by atoms with Crippen LogP contribution >= 0.6 is 15.9 Å². The van der Waals surface area contributed by atoms with Gasteiger partial charge < -0.3 is 15.4 Å². The summed E-state index contributed by atoms with van der Waals surface area (Å²) in [5.41, 5.74) is 6.59. The topological polar surface area (TPSA) is 55.6 Å². The molecule has 0 heterocycles. The van der Waals surface area contributed by atoms with Crippen molar-refractivity contribution in [3.8, 4) is 5.75 Å². The summed E-state index contributed by atoms with van der Waals surface area (Å²) in [6.45, 7) is 3.10. The van der Waals surface area contributed by atoms with Crippen LogP contribution in [0.2, 0.25) is 0 Å². The van der Waals surface area contributed by atoms with Crippen LogP contribution in [0.15, 0.2) is 22.7 Å². The van der Waals surface area contributed by atoms with E-state index in [4.69, 9.17) is 10.5 Å². The molecule has 1 atom stereocenters. The van der Waals surface area contributed by atoms with Crippen LogP contribution in [0.1, 0.15) is 18.9 Å². The van der Waals surface area contributed by atoms with E-state index in [1.54, 1.807) is 12.0 Å². The number of benzene rings is 1. The number of hydrogen-bond donors (Lipinski definition) is 1. The van der Waals surface area contributed by atoms with E-state index in [-0.39, 0.29) is 11.8 Å². The molecule has 0 saturated carbocycles. The zero-order valence-electron chi connectivity index (χ0n) is 11.6. The van der Waals surface area contributed by atoms with Crippen LogP contribution in [0.4, 0.5) is 0 Å². The molecule has 0 aliphatic rings. The molecule has 0 aliphatic heterocycles. The van der Waals surface area contributed by atoms with Gasteiger partial charge in [-0.15, -0.1) is 0 Å². The molecule has 0 spiro atoms. The lowest BCUT2D eigenvalue weighted by Gasteiger charge is -2.19. The Morgan fingerprint density at radius 3 is 2.74 bits per heavy atom. The number of nitrogens with zero attached hydrogens (tertiary/aromatic N) is 1. The first-order valence-corrected chi connectivity index (χ1v) is 7.03. The second kappa shape index (κ2) is 7.50. The Labute approximate surface area is 123 Å². The van der Waals surface area contributed by atoms with Gasteiger partial charge in [0, 0.05) is 20.0 Å². The lowest BCUT2D eigenvalue weighted by atomic mass is 10.1. The second-order valence-corrected chi connectivity index (χ2v) is 5.62. The molecular weight excluding hydrogens is 308 g/mol. The van der Waals surface area contributed by atoms with Crippen LogP contribution in [0.3, 0.4) is 0 Å². The summed E-state index contributed by atoms with van der Waals surface area (Å²) in [5.74, 6) is 1.12.